The highest BCUT2D eigenvalue weighted by atomic mass is 79.9. The third-order valence-electron chi connectivity index (χ3n) is 3.00. The Balaban J connectivity index is 1.89. The molecule has 2 amide bonds. The molecular formula is C16H17BrN2O2S. The van der Waals surface area contributed by atoms with E-state index in [2.05, 4.69) is 26.6 Å². The van der Waals surface area contributed by atoms with Crippen LogP contribution in [0.15, 0.2) is 40.2 Å². The monoisotopic (exact) mass is 380 g/mol. The highest BCUT2D eigenvalue weighted by molar-refractivity contribution is 9.11. The van der Waals surface area contributed by atoms with E-state index in [1.165, 1.54) is 11.3 Å². The van der Waals surface area contributed by atoms with Crippen LogP contribution in [-0.2, 0) is 11.3 Å². The van der Waals surface area contributed by atoms with Crippen molar-refractivity contribution in [3.63, 3.8) is 0 Å². The molecule has 22 heavy (non-hydrogen) atoms. The summed E-state index contributed by atoms with van der Waals surface area (Å²) >= 11 is 4.74. The van der Waals surface area contributed by atoms with Gasteiger partial charge in [-0.15, -0.1) is 11.3 Å². The van der Waals surface area contributed by atoms with Crippen molar-refractivity contribution in [2.24, 2.45) is 5.92 Å². The van der Waals surface area contributed by atoms with Gasteiger partial charge in [0.25, 0.3) is 5.91 Å². The highest BCUT2D eigenvalue weighted by Gasteiger charge is 2.09. The molecule has 0 saturated heterocycles. The smallest absolute Gasteiger partial charge is 0.261 e. The van der Waals surface area contributed by atoms with Crippen molar-refractivity contribution in [1.29, 1.82) is 0 Å². The van der Waals surface area contributed by atoms with Crippen molar-refractivity contribution < 1.29 is 9.59 Å². The van der Waals surface area contributed by atoms with Crippen molar-refractivity contribution in [3.8, 4) is 0 Å². The summed E-state index contributed by atoms with van der Waals surface area (Å²) in [6.07, 6.45) is 0. The van der Waals surface area contributed by atoms with Crippen LogP contribution in [0.3, 0.4) is 0 Å². The molecule has 0 aliphatic carbocycles. The number of benzene rings is 1. The summed E-state index contributed by atoms with van der Waals surface area (Å²) in [7, 11) is 0. The summed E-state index contributed by atoms with van der Waals surface area (Å²) < 4.78 is 0.933. The molecule has 4 nitrogen and oxygen atoms in total. The zero-order valence-electron chi connectivity index (χ0n) is 12.4. The van der Waals surface area contributed by atoms with E-state index in [0.717, 1.165) is 15.0 Å². The fourth-order valence-corrected chi connectivity index (χ4v) is 3.00. The van der Waals surface area contributed by atoms with Gasteiger partial charge in [0.05, 0.1) is 8.66 Å². The maximum atomic E-state index is 11.9. The molecule has 1 aromatic heterocycles. The van der Waals surface area contributed by atoms with Crippen molar-refractivity contribution in [1.82, 2.24) is 5.32 Å². The topological polar surface area (TPSA) is 58.2 Å². The Morgan fingerprint density at radius 2 is 1.82 bits per heavy atom. The van der Waals surface area contributed by atoms with Crippen LogP contribution in [0, 0.1) is 5.92 Å². The molecule has 2 rings (SSSR count). The molecule has 0 fully saturated rings. The summed E-state index contributed by atoms with van der Waals surface area (Å²) in [5.41, 5.74) is 1.74. The van der Waals surface area contributed by atoms with Gasteiger partial charge in [-0.25, -0.2) is 0 Å². The fourth-order valence-electron chi connectivity index (χ4n) is 1.70. The number of hydrogen-bond acceptors (Lipinski definition) is 3. The van der Waals surface area contributed by atoms with E-state index in [9.17, 15) is 9.59 Å². The molecule has 1 heterocycles. The van der Waals surface area contributed by atoms with Gasteiger partial charge in [0, 0.05) is 18.2 Å². The summed E-state index contributed by atoms with van der Waals surface area (Å²) in [6.45, 7) is 4.15. The first-order valence-corrected chi connectivity index (χ1v) is 8.50. The Morgan fingerprint density at radius 1 is 1.14 bits per heavy atom. The molecule has 0 saturated carbocycles. The lowest BCUT2D eigenvalue weighted by molar-refractivity contribution is -0.118. The van der Waals surface area contributed by atoms with E-state index in [1.54, 1.807) is 6.07 Å². The third kappa shape index (κ3) is 4.68. The predicted octanol–water partition coefficient (Wildman–Crippen LogP) is 4.04. The summed E-state index contributed by atoms with van der Waals surface area (Å²) in [4.78, 5) is 24.2. The molecule has 116 valence electrons. The number of halogens is 1. The summed E-state index contributed by atoms with van der Waals surface area (Å²) in [5, 5.41) is 5.70. The van der Waals surface area contributed by atoms with Gasteiger partial charge in [-0.05, 0) is 45.8 Å². The molecule has 0 aliphatic heterocycles. The van der Waals surface area contributed by atoms with E-state index < -0.39 is 0 Å². The van der Waals surface area contributed by atoms with Gasteiger partial charge < -0.3 is 10.6 Å². The first-order chi connectivity index (χ1) is 10.5. The molecule has 2 N–H and O–H groups in total. The van der Waals surface area contributed by atoms with E-state index in [0.29, 0.717) is 11.4 Å². The molecule has 0 bridgehead atoms. The second kappa shape index (κ2) is 7.56. The maximum Gasteiger partial charge on any atom is 0.261 e. The van der Waals surface area contributed by atoms with Crippen molar-refractivity contribution >= 4 is 44.8 Å². The van der Waals surface area contributed by atoms with Crippen LogP contribution < -0.4 is 10.6 Å². The normalized spacial score (nSPS) is 10.5. The minimum absolute atomic E-state index is 0.00988. The highest BCUT2D eigenvalue weighted by Crippen LogP contribution is 2.22. The van der Waals surface area contributed by atoms with Gasteiger partial charge in [0.1, 0.15) is 0 Å². The number of carbonyl (C=O) groups is 2. The second-order valence-electron chi connectivity index (χ2n) is 5.13. The molecule has 0 radical (unpaired) electrons. The summed E-state index contributed by atoms with van der Waals surface area (Å²) in [6, 6.07) is 11.1. The number of rotatable bonds is 5. The van der Waals surface area contributed by atoms with E-state index >= 15 is 0 Å². The fraction of sp³-hybridized carbons (Fsp3) is 0.250. The molecule has 1 aromatic carbocycles. The van der Waals surface area contributed by atoms with Crippen molar-refractivity contribution in [3.05, 3.63) is 50.6 Å². The summed E-state index contributed by atoms with van der Waals surface area (Å²) in [5.74, 6) is -0.152. The molecule has 0 aliphatic rings. The molecule has 2 aromatic rings. The van der Waals surface area contributed by atoms with E-state index in [1.807, 2.05) is 44.2 Å². The predicted molar refractivity (Wildman–Crippen MR) is 93.1 cm³/mol. The Labute approximate surface area is 142 Å². The lowest BCUT2D eigenvalue weighted by atomic mass is 10.1. The second-order valence-corrected chi connectivity index (χ2v) is 7.59. The number of anilines is 1. The average Bonchev–Trinajstić information content (AvgIpc) is 2.92. The van der Waals surface area contributed by atoms with Crippen molar-refractivity contribution in [2.75, 3.05) is 5.32 Å². The van der Waals surface area contributed by atoms with Gasteiger partial charge in [-0.1, -0.05) is 26.0 Å². The van der Waals surface area contributed by atoms with Gasteiger partial charge in [-0.3, -0.25) is 9.59 Å². The molecule has 6 heteroatoms. The Kier molecular flexibility index (Phi) is 5.74. The minimum Gasteiger partial charge on any atom is -0.347 e. The van der Waals surface area contributed by atoms with Crippen LogP contribution in [0.2, 0.25) is 0 Å². The van der Waals surface area contributed by atoms with E-state index in [-0.39, 0.29) is 17.7 Å². The van der Waals surface area contributed by atoms with Crippen LogP contribution >= 0.6 is 27.3 Å². The van der Waals surface area contributed by atoms with Crippen LogP contribution in [0.25, 0.3) is 0 Å². The zero-order chi connectivity index (χ0) is 16.1. The molecular weight excluding hydrogens is 364 g/mol. The molecule has 0 unspecified atom stereocenters. The minimum atomic E-state index is -0.0899. The number of nitrogens with one attached hydrogen (secondary N) is 2. The number of hydrogen-bond donors (Lipinski definition) is 2. The molecule has 0 spiro atoms. The van der Waals surface area contributed by atoms with Gasteiger partial charge >= 0.3 is 0 Å². The quantitative estimate of drug-likeness (QED) is 0.822. The SMILES string of the molecule is CC(C)C(=O)Nc1ccc(CNC(=O)c2ccc(Br)s2)cc1. The van der Waals surface area contributed by atoms with Crippen LogP contribution in [0.4, 0.5) is 5.69 Å². The van der Waals surface area contributed by atoms with Crippen LogP contribution in [-0.4, -0.2) is 11.8 Å². The number of carbonyl (C=O) groups excluding carboxylic acids is 2. The van der Waals surface area contributed by atoms with Gasteiger partial charge in [0.2, 0.25) is 5.91 Å². The average molecular weight is 381 g/mol. The first-order valence-electron chi connectivity index (χ1n) is 6.89. The van der Waals surface area contributed by atoms with Gasteiger partial charge in [-0.2, -0.15) is 0 Å². The van der Waals surface area contributed by atoms with Gasteiger partial charge in [0.15, 0.2) is 0 Å². The Morgan fingerprint density at radius 3 is 2.36 bits per heavy atom. The van der Waals surface area contributed by atoms with Crippen LogP contribution in [0.5, 0.6) is 0 Å². The van der Waals surface area contributed by atoms with Crippen LogP contribution in [0.1, 0.15) is 29.1 Å². The number of thiophene rings is 1. The zero-order valence-corrected chi connectivity index (χ0v) is 14.8. The third-order valence-corrected chi connectivity index (χ3v) is 4.62. The first kappa shape index (κ1) is 16.7. The number of amides is 2. The van der Waals surface area contributed by atoms with E-state index in [4.69, 9.17) is 0 Å². The largest absolute Gasteiger partial charge is 0.347 e. The lowest BCUT2D eigenvalue weighted by Crippen LogP contribution is -2.21. The lowest BCUT2D eigenvalue weighted by Gasteiger charge is -2.09. The molecule has 0 atom stereocenters. The van der Waals surface area contributed by atoms with Crippen molar-refractivity contribution in [2.45, 2.75) is 20.4 Å². The Hall–Kier alpha value is -1.66. The standard InChI is InChI=1S/C16H17BrN2O2S/c1-10(2)15(20)19-12-5-3-11(4-6-12)9-18-16(21)13-7-8-14(17)22-13/h3-8,10H,9H2,1-2H3,(H,18,21)(H,19,20). The Bertz CT molecular complexity index is 665. The maximum absolute atomic E-state index is 11.9.